The molecular formula is C15H17NO3. The lowest BCUT2D eigenvalue weighted by atomic mass is 10.1. The Balaban J connectivity index is 1.94. The summed E-state index contributed by atoms with van der Waals surface area (Å²) in [5.74, 6) is 0. The van der Waals surface area contributed by atoms with Crippen LogP contribution in [0.25, 0.3) is 10.9 Å². The normalized spacial score (nSPS) is 18.6. The lowest BCUT2D eigenvalue weighted by molar-refractivity contribution is 0.0544. The third-order valence-corrected chi connectivity index (χ3v) is 3.01. The fraction of sp³-hybridized carbons (Fsp3) is 0.400. The molecular weight excluding hydrogens is 242 g/mol. The van der Waals surface area contributed by atoms with Crippen LogP contribution < -0.4 is 0 Å². The summed E-state index contributed by atoms with van der Waals surface area (Å²) >= 11 is 0. The molecule has 3 rings (SSSR count). The quantitative estimate of drug-likeness (QED) is 0.736. The number of hydrogen-bond donors (Lipinski definition) is 0. The minimum Gasteiger partial charge on any atom is -0.443 e. The minimum absolute atomic E-state index is 0.231. The largest absolute Gasteiger partial charge is 0.443 e. The van der Waals surface area contributed by atoms with E-state index in [-0.39, 0.29) is 12.2 Å². The smallest absolute Gasteiger partial charge is 0.418 e. The first-order valence-corrected chi connectivity index (χ1v) is 6.40. The van der Waals surface area contributed by atoms with Gasteiger partial charge in [-0.3, -0.25) is 4.57 Å². The van der Waals surface area contributed by atoms with E-state index in [2.05, 4.69) is 6.07 Å². The lowest BCUT2D eigenvalue weighted by Crippen LogP contribution is -2.26. The molecule has 0 amide bonds. The molecule has 19 heavy (non-hydrogen) atoms. The van der Waals surface area contributed by atoms with Crippen molar-refractivity contribution in [1.29, 1.82) is 0 Å². The topological polar surface area (TPSA) is 43.8 Å². The molecule has 1 aromatic heterocycles. The van der Waals surface area contributed by atoms with Crippen molar-refractivity contribution in [2.45, 2.75) is 32.5 Å². The lowest BCUT2D eigenvalue weighted by Gasteiger charge is -2.19. The highest BCUT2D eigenvalue weighted by Crippen LogP contribution is 2.32. The Labute approximate surface area is 111 Å². The number of epoxide rings is 1. The molecule has 0 bridgehead atoms. The SMILES string of the molecule is CC(C)(C)OC(=O)n1ccc2cc(C3CO3)ccc21. The van der Waals surface area contributed by atoms with Crippen LogP contribution in [0.2, 0.25) is 0 Å². The molecule has 2 heterocycles. The molecule has 2 aromatic rings. The third-order valence-electron chi connectivity index (χ3n) is 3.01. The maximum Gasteiger partial charge on any atom is 0.418 e. The number of fused-ring (bicyclic) bond motifs is 1. The third kappa shape index (κ3) is 2.49. The van der Waals surface area contributed by atoms with Crippen molar-refractivity contribution in [3.63, 3.8) is 0 Å². The van der Waals surface area contributed by atoms with Crippen molar-refractivity contribution < 1.29 is 14.3 Å². The van der Waals surface area contributed by atoms with Gasteiger partial charge in [0.1, 0.15) is 11.7 Å². The molecule has 0 N–H and O–H groups in total. The molecule has 0 spiro atoms. The Bertz CT molecular complexity index is 632. The summed E-state index contributed by atoms with van der Waals surface area (Å²) in [7, 11) is 0. The molecule has 1 aliphatic rings. The van der Waals surface area contributed by atoms with E-state index < -0.39 is 5.60 Å². The Morgan fingerprint density at radius 3 is 2.74 bits per heavy atom. The van der Waals surface area contributed by atoms with E-state index in [1.807, 2.05) is 39.0 Å². The van der Waals surface area contributed by atoms with Crippen LogP contribution in [0.15, 0.2) is 30.5 Å². The fourth-order valence-corrected chi connectivity index (χ4v) is 2.07. The van der Waals surface area contributed by atoms with Gasteiger partial charge in [-0.2, -0.15) is 0 Å². The van der Waals surface area contributed by atoms with Gasteiger partial charge in [0.05, 0.1) is 12.1 Å². The molecule has 0 saturated carbocycles. The van der Waals surface area contributed by atoms with Crippen LogP contribution in [0.1, 0.15) is 32.4 Å². The molecule has 1 fully saturated rings. The summed E-state index contributed by atoms with van der Waals surface area (Å²) < 4.78 is 12.2. The second-order valence-electron chi connectivity index (χ2n) is 5.81. The first-order valence-electron chi connectivity index (χ1n) is 6.40. The number of hydrogen-bond acceptors (Lipinski definition) is 3. The Hall–Kier alpha value is -1.81. The van der Waals surface area contributed by atoms with Crippen molar-refractivity contribution in [2.24, 2.45) is 0 Å². The zero-order valence-corrected chi connectivity index (χ0v) is 11.3. The summed E-state index contributed by atoms with van der Waals surface area (Å²) in [6.45, 7) is 6.37. The van der Waals surface area contributed by atoms with E-state index in [9.17, 15) is 4.79 Å². The second-order valence-corrected chi connectivity index (χ2v) is 5.81. The summed E-state index contributed by atoms with van der Waals surface area (Å²) in [5.41, 5.74) is 1.53. The van der Waals surface area contributed by atoms with Gasteiger partial charge in [-0.1, -0.05) is 6.07 Å². The first kappa shape index (κ1) is 12.2. The van der Waals surface area contributed by atoms with E-state index in [1.54, 1.807) is 6.20 Å². The van der Waals surface area contributed by atoms with Gasteiger partial charge in [-0.05, 0) is 44.5 Å². The molecule has 1 aromatic carbocycles. The van der Waals surface area contributed by atoms with E-state index >= 15 is 0 Å². The van der Waals surface area contributed by atoms with Crippen molar-refractivity contribution >= 4 is 17.0 Å². The zero-order chi connectivity index (χ0) is 13.6. The summed E-state index contributed by atoms with van der Waals surface area (Å²) in [6.07, 6.45) is 1.63. The van der Waals surface area contributed by atoms with Crippen LogP contribution in [-0.4, -0.2) is 22.9 Å². The standard InChI is InChI=1S/C15H17NO3/c1-15(2,3)19-14(17)16-7-6-10-8-11(13-9-18-13)4-5-12(10)16/h4-8,13H,9H2,1-3H3. The number of carbonyl (C=O) groups excluding carboxylic acids is 1. The number of rotatable bonds is 1. The Kier molecular flexibility index (Phi) is 2.64. The second kappa shape index (κ2) is 4.10. The van der Waals surface area contributed by atoms with Crippen molar-refractivity contribution in [1.82, 2.24) is 4.57 Å². The van der Waals surface area contributed by atoms with Gasteiger partial charge in [0, 0.05) is 11.6 Å². The van der Waals surface area contributed by atoms with Gasteiger partial charge < -0.3 is 9.47 Å². The molecule has 1 saturated heterocycles. The predicted molar refractivity (Wildman–Crippen MR) is 72.3 cm³/mol. The fourth-order valence-electron chi connectivity index (χ4n) is 2.07. The van der Waals surface area contributed by atoms with Crippen molar-refractivity contribution in [3.8, 4) is 0 Å². The van der Waals surface area contributed by atoms with Crippen LogP contribution in [-0.2, 0) is 9.47 Å². The van der Waals surface area contributed by atoms with E-state index in [1.165, 1.54) is 4.57 Å². The van der Waals surface area contributed by atoms with Gasteiger partial charge in [-0.25, -0.2) is 4.79 Å². The molecule has 4 heteroatoms. The van der Waals surface area contributed by atoms with Gasteiger partial charge in [0.25, 0.3) is 0 Å². The average molecular weight is 259 g/mol. The molecule has 1 unspecified atom stereocenters. The van der Waals surface area contributed by atoms with Gasteiger partial charge in [0.15, 0.2) is 0 Å². The van der Waals surface area contributed by atoms with Crippen molar-refractivity contribution in [2.75, 3.05) is 6.61 Å². The number of ether oxygens (including phenoxy) is 2. The van der Waals surface area contributed by atoms with Crippen LogP contribution in [0.5, 0.6) is 0 Å². The number of aromatic nitrogens is 1. The number of carbonyl (C=O) groups is 1. The molecule has 0 radical (unpaired) electrons. The minimum atomic E-state index is -0.491. The van der Waals surface area contributed by atoms with Gasteiger partial charge in [0.2, 0.25) is 0 Å². The maximum atomic E-state index is 12.1. The number of nitrogens with zero attached hydrogens (tertiary/aromatic N) is 1. The van der Waals surface area contributed by atoms with Crippen LogP contribution in [0.3, 0.4) is 0 Å². The van der Waals surface area contributed by atoms with Crippen LogP contribution in [0, 0.1) is 0 Å². The summed E-state index contributed by atoms with van der Waals surface area (Å²) in [4.78, 5) is 12.1. The predicted octanol–water partition coefficient (Wildman–Crippen LogP) is 3.50. The molecule has 1 aliphatic heterocycles. The highest BCUT2D eigenvalue weighted by atomic mass is 16.6. The van der Waals surface area contributed by atoms with Gasteiger partial charge in [-0.15, -0.1) is 0 Å². The number of benzene rings is 1. The Morgan fingerprint density at radius 1 is 1.37 bits per heavy atom. The van der Waals surface area contributed by atoms with Crippen molar-refractivity contribution in [3.05, 3.63) is 36.0 Å². The average Bonchev–Trinajstić information content (AvgIpc) is 3.06. The zero-order valence-electron chi connectivity index (χ0n) is 11.3. The van der Waals surface area contributed by atoms with Gasteiger partial charge >= 0.3 is 6.09 Å². The summed E-state index contributed by atoms with van der Waals surface area (Å²) in [6, 6.07) is 7.93. The highest BCUT2D eigenvalue weighted by molar-refractivity contribution is 5.90. The maximum absolute atomic E-state index is 12.1. The molecule has 0 aliphatic carbocycles. The molecule has 4 nitrogen and oxygen atoms in total. The van der Waals surface area contributed by atoms with Crippen LogP contribution >= 0.6 is 0 Å². The van der Waals surface area contributed by atoms with E-state index in [0.29, 0.717) is 0 Å². The molecule has 100 valence electrons. The molecule has 1 atom stereocenters. The Morgan fingerprint density at radius 2 is 2.11 bits per heavy atom. The first-order chi connectivity index (χ1) is 8.94. The monoisotopic (exact) mass is 259 g/mol. The highest BCUT2D eigenvalue weighted by Gasteiger charge is 2.25. The van der Waals surface area contributed by atoms with E-state index in [4.69, 9.17) is 9.47 Å². The van der Waals surface area contributed by atoms with Crippen LogP contribution in [0.4, 0.5) is 4.79 Å². The van der Waals surface area contributed by atoms with E-state index in [0.717, 1.165) is 23.1 Å². The summed E-state index contributed by atoms with van der Waals surface area (Å²) in [5, 5.41) is 1.03.